The molecule has 0 aliphatic heterocycles. The number of aromatic nitrogens is 3. The first-order chi connectivity index (χ1) is 13.3. The smallest absolute Gasteiger partial charge is 0.326 e. The van der Waals surface area contributed by atoms with E-state index in [1.807, 2.05) is 24.1 Å². The number of anilines is 1. The summed E-state index contributed by atoms with van der Waals surface area (Å²) in [4.78, 5) is 33.5. The number of rotatable bonds is 6. The van der Waals surface area contributed by atoms with Gasteiger partial charge in [0.2, 0.25) is 0 Å². The number of amides is 1. The van der Waals surface area contributed by atoms with Crippen LogP contribution in [0.15, 0.2) is 41.3 Å². The van der Waals surface area contributed by atoms with Gasteiger partial charge in [-0.05, 0) is 43.7 Å². The van der Waals surface area contributed by atoms with Gasteiger partial charge in [0.25, 0.3) is 5.91 Å². The number of nitrogens with zero attached hydrogens (tertiary/aromatic N) is 3. The highest BCUT2D eigenvalue weighted by Crippen LogP contribution is 2.18. The Labute approximate surface area is 162 Å². The highest BCUT2D eigenvalue weighted by Gasteiger charge is 2.17. The number of aryl methyl sites for hydroxylation is 1. The first-order valence-corrected chi connectivity index (χ1v) is 9.11. The number of carbonyl (C=O) groups is 1. The molecular weight excluding hydrogens is 358 g/mol. The van der Waals surface area contributed by atoms with Gasteiger partial charge in [-0.2, -0.15) is 0 Å². The molecule has 3 rings (SSSR count). The van der Waals surface area contributed by atoms with E-state index in [1.165, 1.54) is 4.57 Å². The molecule has 0 aliphatic carbocycles. The maximum Gasteiger partial charge on any atom is 0.326 e. The number of H-pyrrole nitrogens is 1. The van der Waals surface area contributed by atoms with Crippen molar-refractivity contribution in [2.24, 2.45) is 7.05 Å². The molecule has 148 valence electrons. The van der Waals surface area contributed by atoms with Gasteiger partial charge in [0.05, 0.1) is 23.7 Å². The SMILES string of the molecule is CC(C)N(C)c1ccc(C(CO)NC(=O)c2ccc3c(c2)[nH]c(=O)n3C)cn1. The molecule has 2 aromatic heterocycles. The largest absolute Gasteiger partial charge is 0.394 e. The van der Waals surface area contributed by atoms with Gasteiger partial charge in [0.15, 0.2) is 0 Å². The number of aliphatic hydroxyl groups excluding tert-OH is 1. The summed E-state index contributed by atoms with van der Waals surface area (Å²) in [6.07, 6.45) is 1.66. The standard InChI is InChI=1S/C20H25N5O3/c1-12(2)24(3)18-8-6-14(10-21-18)16(11-26)22-19(27)13-5-7-17-15(9-13)23-20(28)25(17)4/h5-10,12,16,26H,11H2,1-4H3,(H,22,27)(H,23,28). The van der Waals surface area contributed by atoms with E-state index in [0.717, 1.165) is 5.82 Å². The maximum atomic E-state index is 12.6. The topological polar surface area (TPSA) is 103 Å². The Morgan fingerprint density at radius 3 is 2.68 bits per heavy atom. The Morgan fingerprint density at radius 2 is 2.07 bits per heavy atom. The van der Waals surface area contributed by atoms with Crippen molar-refractivity contribution in [1.82, 2.24) is 19.9 Å². The van der Waals surface area contributed by atoms with Gasteiger partial charge < -0.3 is 20.3 Å². The second kappa shape index (κ2) is 7.85. The normalized spacial score (nSPS) is 12.4. The molecular formula is C20H25N5O3. The van der Waals surface area contributed by atoms with E-state index in [2.05, 4.69) is 29.1 Å². The lowest BCUT2D eigenvalue weighted by Gasteiger charge is -2.23. The number of aromatic amines is 1. The van der Waals surface area contributed by atoms with Crippen molar-refractivity contribution >= 4 is 22.8 Å². The van der Waals surface area contributed by atoms with E-state index in [9.17, 15) is 14.7 Å². The van der Waals surface area contributed by atoms with Crippen LogP contribution >= 0.6 is 0 Å². The van der Waals surface area contributed by atoms with Crippen molar-refractivity contribution < 1.29 is 9.90 Å². The molecule has 0 saturated carbocycles. The number of hydrogen-bond acceptors (Lipinski definition) is 5. The van der Waals surface area contributed by atoms with Crippen LogP contribution in [-0.4, -0.2) is 45.2 Å². The highest BCUT2D eigenvalue weighted by atomic mass is 16.3. The van der Waals surface area contributed by atoms with Crippen LogP contribution in [0.1, 0.15) is 35.8 Å². The van der Waals surface area contributed by atoms with Gasteiger partial charge >= 0.3 is 5.69 Å². The third-order valence-electron chi connectivity index (χ3n) is 4.96. The van der Waals surface area contributed by atoms with Crippen LogP contribution in [0.2, 0.25) is 0 Å². The monoisotopic (exact) mass is 383 g/mol. The lowest BCUT2D eigenvalue weighted by atomic mass is 10.1. The van der Waals surface area contributed by atoms with Gasteiger partial charge in [0, 0.05) is 31.9 Å². The summed E-state index contributed by atoms with van der Waals surface area (Å²) in [5.41, 5.74) is 2.18. The van der Waals surface area contributed by atoms with Crippen molar-refractivity contribution in [3.8, 4) is 0 Å². The Kier molecular flexibility index (Phi) is 5.51. The molecule has 1 atom stereocenters. The van der Waals surface area contributed by atoms with Gasteiger partial charge in [-0.15, -0.1) is 0 Å². The number of hydrogen-bond donors (Lipinski definition) is 3. The van der Waals surface area contributed by atoms with Crippen molar-refractivity contribution in [3.05, 3.63) is 58.1 Å². The van der Waals surface area contributed by atoms with Crippen LogP contribution in [0, 0.1) is 0 Å². The molecule has 2 heterocycles. The molecule has 8 nitrogen and oxygen atoms in total. The van der Waals surface area contributed by atoms with Crippen LogP contribution < -0.4 is 15.9 Å². The van der Waals surface area contributed by atoms with Gasteiger partial charge in [-0.3, -0.25) is 9.36 Å². The number of pyridine rings is 1. The molecule has 3 N–H and O–H groups in total. The van der Waals surface area contributed by atoms with Crippen molar-refractivity contribution in [2.45, 2.75) is 25.9 Å². The van der Waals surface area contributed by atoms with Crippen LogP contribution in [-0.2, 0) is 7.05 Å². The summed E-state index contributed by atoms with van der Waals surface area (Å²) >= 11 is 0. The molecule has 0 spiro atoms. The highest BCUT2D eigenvalue weighted by molar-refractivity contribution is 5.97. The number of aliphatic hydroxyl groups is 1. The molecule has 1 unspecified atom stereocenters. The fourth-order valence-electron chi connectivity index (χ4n) is 2.93. The number of benzene rings is 1. The van der Waals surface area contributed by atoms with E-state index >= 15 is 0 Å². The molecule has 28 heavy (non-hydrogen) atoms. The Hall–Kier alpha value is -3.13. The fourth-order valence-corrected chi connectivity index (χ4v) is 2.93. The van der Waals surface area contributed by atoms with E-state index in [1.54, 1.807) is 31.4 Å². The lowest BCUT2D eigenvalue weighted by molar-refractivity contribution is 0.0916. The van der Waals surface area contributed by atoms with Crippen molar-refractivity contribution in [2.75, 3.05) is 18.6 Å². The van der Waals surface area contributed by atoms with Crippen LogP contribution in [0.4, 0.5) is 5.82 Å². The van der Waals surface area contributed by atoms with Gasteiger partial charge in [-0.1, -0.05) is 6.07 Å². The number of imidazole rings is 1. The van der Waals surface area contributed by atoms with Gasteiger partial charge in [-0.25, -0.2) is 9.78 Å². The summed E-state index contributed by atoms with van der Waals surface area (Å²) in [5, 5.41) is 12.6. The average molecular weight is 383 g/mol. The van der Waals surface area contributed by atoms with Crippen molar-refractivity contribution in [1.29, 1.82) is 0 Å². The minimum absolute atomic E-state index is 0.238. The Morgan fingerprint density at radius 1 is 1.32 bits per heavy atom. The second-order valence-corrected chi connectivity index (χ2v) is 7.08. The lowest BCUT2D eigenvalue weighted by Crippen LogP contribution is -2.31. The fraction of sp³-hybridized carbons (Fsp3) is 0.350. The molecule has 0 radical (unpaired) electrons. The Balaban J connectivity index is 1.78. The number of fused-ring (bicyclic) bond motifs is 1. The van der Waals surface area contributed by atoms with Crippen LogP contribution in [0.5, 0.6) is 0 Å². The predicted octanol–water partition coefficient (Wildman–Crippen LogP) is 1.57. The first kappa shape index (κ1) is 19.6. The minimum atomic E-state index is -0.580. The zero-order valence-corrected chi connectivity index (χ0v) is 16.4. The average Bonchev–Trinajstić information content (AvgIpc) is 2.98. The molecule has 0 fully saturated rings. The molecule has 0 aliphatic rings. The molecule has 8 heteroatoms. The van der Waals surface area contributed by atoms with Gasteiger partial charge in [0.1, 0.15) is 5.82 Å². The third-order valence-corrected chi connectivity index (χ3v) is 4.96. The number of nitrogens with one attached hydrogen (secondary N) is 2. The molecule has 0 bridgehead atoms. The molecule has 0 saturated heterocycles. The predicted molar refractivity (Wildman–Crippen MR) is 109 cm³/mol. The maximum absolute atomic E-state index is 12.6. The van der Waals surface area contributed by atoms with E-state index in [0.29, 0.717) is 28.2 Å². The summed E-state index contributed by atoms with van der Waals surface area (Å²) in [5.74, 6) is 0.481. The third kappa shape index (κ3) is 3.77. The summed E-state index contributed by atoms with van der Waals surface area (Å²) in [6, 6.07) is 8.44. The Bertz CT molecular complexity index is 1040. The molecule has 1 amide bonds. The van der Waals surface area contributed by atoms with E-state index < -0.39 is 6.04 Å². The zero-order valence-electron chi connectivity index (χ0n) is 16.4. The first-order valence-electron chi connectivity index (χ1n) is 9.11. The molecule has 1 aromatic carbocycles. The summed E-state index contributed by atoms with van der Waals surface area (Å²) in [6.45, 7) is 3.89. The zero-order chi connectivity index (χ0) is 20.4. The van der Waals surface area contributed by atoms with E-state index in [4.69, 9.17) is 0 Å². The quantitative estimate of drug-likeness (QED) is 0.600. The second-order valence-electron chi connectivity index (χ2n) is 7.08. The summed E-state index contributed by atoms with van der Waals surface area (Å²) in [7, 11) is 3.62. The summed E-state index contributed by atoms with van der Waals surface area (Å²) < 4.78 is 1.48. The van der Waals surface area contributed by atoms with Crippen molar-refractivity contribution in [3.63, 3.8) is 0 Å². The number of carbonyl (C=O) groups excluding carboxylic acids is 1. The minimum Gasteiger partial charge on any atom is -0.394 e. The molecule has 3 aromatic rings. The van der Waals surface area contributed by atoms with Crippen LogP contribution in [0.25, 0.3) is 11.0 Å². The van der Waals surface area contributed by atoms with Crippen LogP contribution in [0.3, 0.4) is 0 Å². The van der Waals surface area contributed by atoms with E-state index in [-0.39, 0.29) is 18.2 Å².